The van der Waals surface area contributed by atoms with E-state index in [-0.39, 0.29) is 46.3 Å². The minimum absolute atomic E-state index is 0.00134. The lowest BCUT2D eigenvalue weighted by Gasteiger charge is -2.37. The van der Waals surface area contributed by atoms with Crippen molar-refractivity contribution in [1.29, 1.82) is 0 Å². The lowest BCUT2D eigenvalue weighted by atomic mass is 9.91. The second-order valence-corrected chi connectivity index (χ2v) is 11.2. The molecule has 3 aliphatic rings. The quantitative estimate of drug-likeness (QED) is 0.468. The summed E-state index contributed by atoms with van der Waals surface area (Å²) in [4.78, 5) is 42.0. The van der Waals surface area contributed by atoms with Crippen molar-refractivity contribution in [2.24, 2.45) is 5.92 Å². The first-order chi connectivity index (χ1) is 18.3. The molecule has 2 saturated heterocycles. The summed E-state index contributed by atoms with van der Waals surface area (Å²) in [5.74, 6) is -1.62. The third-order valence-corrected chi connectivity index (χ3v) is 8.55. The number of hydrogen-bond donors (Lipinski definition) is 1. The summed E-state index contributed by atoms with van der Waals surface area (Å²) in [6.45, 7) is 1.63. The predicted octanol–water partition coefficient (Wildman–Crippen LogP) is 4.69. The van der Waals surface area contributed by atoms with Gasteiger partial charge in [0.05, 0.1) is 24.1 Å². The van der Waals surface area contributed by atoms with Gasteiger partial charge in [0, 0.05) is 41.9 Å². The van der Waals surface area contributed by atoms with E-state index < -0.39 is 17.2 Å². The summed E-state index contributed by atoms with van der Waals surface area (Å²) < 4.78 is 24.2. The maximum Gasteiger partial charge on any atom is 0.341 e. The van der Waals surface area contributed by atoms with Gasteiger partial charge in [-0.15, -0.1) is 0 Å². The SMILES string of the molecule is COc1c(N2C[C@H]3CCCN(C(=O)c4ccc(Br)cc4)[C@H]3C2)c(F)cc2c(=O)c(C(=O)O)cn(C3CC3)c12. The Bertz CT molecular complexity index is 1520. The molecule has 2 aliphatic heterocycles. The highest BCUT2D eigenvalue weighted by Crippen LogP contribution is 2.45. The molecule has 8 nitrogen and oxygen atoms in total. The van der Waals surface area contributed by atoms with Crippen molar-refractivity contribution < 1.29 is 23.8 Å². The van der Waals surface area contributed by atoms with Crippen LogP contribution in [0.5, 0.6) is 5.75 Å². The fraction of sp³-hybridized carbons (Fsp3) is 0.393. The number of likely N-dealkylation sites (tertiary alicyclic amines) is 1. The van der Waals surface area contributed by atoms with Crippen LogP contribution in [0.4, 0.5) is 10.1 Å². The van der Waals surface area contributed by atoms with Gasteiger partial charge in [-0.2, -0.15) is 0 Å². The fourth-order valence-corrected chi connectivity index (χ4v) is 6.36. The van der Waals surface area contributed by atoms with Gasteiger partial charge in [0.2, 0.25) is 5.43 Å². The van der Waals surface area contributed by atoms with Crippen molar-refractivity contribution in [2.45, 2.75) is 37.8 Å². The molecule has 0 bridgehead atoms. The smallest absolute Gasteiger partial charge is 0.341 e. The van der Waals surface area contributed by atoms with Crippen LogP contribution < -0.4 is 15.1 Å². The number of pyridine rings is 1. The summed E-state index contributed by atoms with van der Waals surface area (Å²) in [5.41, 5.74) is 0.174. The van der Waals surface area contributed by atoms with E-state index in [0.717, 1.165) is 36.2 Å². The Morgan fingerprint density at radius 1 is 1.13 bits per heavy atom. The Morgan fingerprint density at radius 2 is 1.87 bits per heavy atom. The summed E-state index contributed by atoms with van der Waals surface area (Å²) in [5, 5.41) is 9.58. The molecule has 1 saturated carbocycles. The Labute approximate surface area is 226 Å². The van der Waals surface area contributed by atoms with Crippen LogP contribution in [0.1, 0.15) is 52.4 Å². The van der Waals surface area contributed by atoms with Crippen LogP contribution in [-0.2, 0) is 0 Å². The van der Waals surface area contributed by atoms with E-state index in [1.165, 1.54) is 13.3 Å². The van der Waals surface area contributed by atoms with Gasteiger partial charge in [-0.1, -0.05) is 15.9 Å². The van der Waals surface area contributed by atoms with E-state index in [0.29, 0.717) is 30.7 Å². The average molecular weight is 584 g/mol. The number of aromatic nitrogens is 1. The van der Waals surface area contributed by atoms with Crippen LogP contribution in [-0.4, -0.2) is 59.2 Å². The summed E-state index contributed by atoms with van der Waals surface area (Å²) >= 11 is 3.41. The Balaban J connectivity index is 1.42. The minimum Gasteiger partial charge on any atom is -0.492 e. The highest BCUT2D eigenvalue weighted by Gasteiger charge is 2.43. The summed E-state index contributed by atoms with van der Waals surface area (Å²) in [7, 11) is 1.44. The first-order valence-electron chi connectivity index (χ1n) is 12.8. The highest BCUT2D eigenvalue weighted by atomic mass is 79.9. The molecule has 198 valence electrons. The maximum atomic E-state index is 15.8. The number of amides is 1. The number of nitrogens with zero attached hydrogens (tertiary/aromatic N) is 3. The van der Waals surface area contributed by atoms with Gasteiger partial charge in [0.25, 0.3) is 5.91 Å². The molecule has 2 atom stereocenters. The van der Waals surface area contributed by atoms with Crippen LogP contribution in [0.2, 0.25) is 0 Å². The molecule has 2 aromatic carbocycles. The van der Waals surface area contributed by atoms with Crippen molar-refractivity contribution in [1.82, 2.24) is 9.47 Å². The molecule has 1 aliphatic carbocycles. The van der Waals surface area contributed by atoms with Crippen LogP contribution >= 0.6 is 15.9 Å². The molecule has 0 radical (unpaired) electrons. The third-order valence-electron chi connectivity index (χ3n) is 8.02. The van der Waals surface area contributed by atoms with E-state index >= 15 is 4.39 Å². The zero-order chi connectivity index (χ0) is 26.7. The molecule has 3 fully saturated rings. The van der Waals surface area contributed by atoms with E-state index in [9.17, 15) is 19.5 Å². The Kier molecular flexibility index (Phi) is 6.17. The number of benzene rings is 2. The largest absolute Gasteiger partial charge is 0.492 e. The minimum atomic E-state index is -1.34. The van der Waals surface area contributed by atoms with E-state index in [4.69, 9.17) is 4.74 Å². The van der Waals surface area contributed by atoms with Gasteiger partial charge < -0.3 is 24.2 Å². The number of halogens is 2. The number of rotatable bonds is 5. The summed E-state index contributed by atoms with van der Waals surface area (Å²) in [6, 6.07) is 8.39. The molecule has 1 N–H and O–H groups in total. The van der Waals surface area contributed by atoms with Crippen LogP contribution in [0.15, 0.2) is 45.8 Å². The molecule has 6 rings (SSSR count). The molecule has 1 amide bonds. The molecule has 1 aromatic heterocycles. The number of aromatic carboxylic acids is 1. The monoisotopic (exact) mass is 583 g/mol. The lowest BCUT2D eigenvalue weighted by molar-refractivity contribution is 0.0575. The number of carboxylic acids is 1. The standard InChI is InChI=1S/C28H27BrFN3O5/c1-38-26-23-19(25(34)20(28(36)37)13-33(23)18-8-9-18)11-21(30)24(26)31-12-16-3-2-10-32(22(16)14-31)27(35)15-4-6-17(29)7-5-15/h4-7,11,13,16,18,22H,2-3,8-10,12,14H2,1H3,(H,36,37)/t16-,22+/m1/s1. The zero-order valence-corrected chi connectivity index (χ0v) is 22.4. The van der Waals surface area contributed by atoms with E-state index in [2.05, 4.69) is 15.9 Å². The van der Waals surface area contributed by atoms with Gasteiger partial charge in [-0.25, -0.2) is 9.18 Å². The number of carbonyl (C=O) groups is 2. The van der Waals surface area contributed by atoms with Crippen LogP contribution in [0, 0.1) is 11.7 Å². The third kappa shape index (κ3) is 4.05. The number of piperidine rings is 1. The fourth-order valence-electron chi connectivity index (χ4n) is 6.10. The van der Waals surface area contributed by atoms with Crippen LogP contribution in [0.25, 0.3) is 10.9 Å². The Hall–Kier alpha value is -3.40. The second kappa shape index (κ2) is 9.41. The van der Waals surface area contributed by atoms with E-state index in [1.54, 1.807) is 16.7 Å². The first-order valence-corrected chi connectivity index (χ1v) is 13.6. The molecule has 3 aromatic rings. The average Bonchev–Trinajstić information content (AvgIpc) is 3.66. The van der Waals surface area contributed by atoms with Crippen molar-refractivity contribution >= 4 is 44.4 Å². The maximum absolute atomic E-state index is 15.8. The van der Waals surface area contributed by atoms with E-state index in [1.807, 2.05) is 21.9 Å². The van der Waals surface area contributed by atoms with Crippen molar-refractivity contribution in [2.75, 3.05) is 31.6 Å². The normalized spacial score (nSPS) is 21.0. The number of ether oxygens (including phenoxy) is 1. The van der Waals surface area contributed by atoms with Gasteiger partial charge in [-0.3, -0.25) is 9.59 Å². The van der Waals surface area contributed by atoms with Gasteiger partial charge in [0.15, 0.2) is 11.6 Å². The molecular formula is C28H27BrFN3O5. The number of carboxylic acid groups (broad SMARTS) is 1. The van der Waals surface area contributed by atoms with Gasteiger partial charge in [0.1, 0.15) is 11.3 Å². The number of anilines is 1. The number of methoxy groups -OCH3 is 1. The number of hydrogen-bond acceptors (Lipinski definition) is 5. The zero-order valence-electron chi connectivity index (χ0n) is 20.8. The molecule has 10 heteroatoms. The Morgan fingerprint density at radius 3 is 2.53 bits per heavy atom. The van der Waals surface area contributed by atoms with Crippen molar-refractivity contribution in [3.63, 3.8) is 0 Å². The van der Waals surface area contributed by atoms with Gasteiger partial charge >= 0.3 is 5.97 Å². The molecule has 38 heavy (non-hydrogen) atoms. The molecular weight excluding hydrogens is 557 g/mol. The first kappa shape index (κ1) is 24.9. The molecule has 0 unspecified atom stereocenters. The highest BCUT2D eigenvalue weighted by molar-refractivity contribution is 9.10. The lowest BCUT2D eigenvalue weighted by Crippen LogP contribution is -2.48. The molecule has 0 spiro atoms. The molecule has 3 heterocycles. The number of fused-ring (bicyclic) bond motifs is 2. The van der Waals surface area contributed by atoms with Crippen molar-refractivity contribution in [3.05, 3.63) is 68.2 Å². The van der Waals surface area contributed by atoms with Crippen LogP contribution in [0.3, 0.4) is 0 Å². The topological polar surface area (TPSA) is 92.1 Å². The van der Waals surface area contributed by atoms with Crippen molar-refractivity contribution in [3.8, 4) is 5.75 Å². The number of carbonyl (C=O) groups excluding carboxylic acids is 1. The summed E-state index contributed by atoms with van der Waals surface area (Å²) in [6.07, 6.45) is 4.84. The second-order valence-electron chi connectivity index (χ2n) is 10.3. The predicted molar refractivity (Wildman–Crippen MR) is 144 cm³/mol. The van der Waals surface area contributed by atoms with Gasteiger partial charge in [-0.05, 0) is 61.9 Å².